The molecular formula is C24H27N3O4S. The van der Waals surface area contributed by atoms with E-state index in [-0.39, 0.29) is 10.8 Å². The third kappa shape index (κ3) is 4.08. The van der Waals surface area contributed by atoms with Gasteiger partial charge in [0.25, 0.3) is 5.89 Å². The quantitative estimate of drug-likeness (QED) is 0.346. The molecule has 4 rings (SSSR count). The van der Waals surface area contributed by atoms with Gasteiger partial charge >= 0.3 is 0 Å². The summed E-state index contributed by atoms with van der Waals surface area (Å²) in [5.41, 5.74) is 3.32. The minimum atomic E-state index is -3.58. The van der Waals surface area contributed by atoms with Crippen LogP contribution in [0.3, 0.4) is 0 Å². The van der Waals surface area contributed by atoms with Crippen LogP contribution in [-0.4, -0.2) is 36.0 Å². The van der Waals surface area contributed by atoms with Crippen molar-refractivity contribution in [3.05, 3.63) is 53.6 Å². The Labute approximate surface area is 188 Å². The van der Waals surface area contributed by atoms with Gasteiger partial charge in [-0.15, -0.1) is 0 Å². The van der Waals surface area contributed by atoms with Crippen molar-refractivity contribution in [2.45, 2.75) is 45.4 Å². The Morgan fingerprint density at radius 1 is 1.03 bits per heavy atom. The summed E-state index contributed by atoms with van der Waals surface area (Å²) in [7, 11) is -3.58. The van der Waals surface area contributed by atoms with Crippen molar-refractivity contribution in [2.75, 3.05) is 13.1 Å². The maximum atomic E-state index is 13.1. The van der Waals surface area contributed by atoms with Crippen LogP contribution in [0.4, 0.5) is 0 Å². The van der Waals surface area contributed by atoms with Crippen LogP contribution in [0, 0.1) is 13.8 Å². The smallest absolute Gasteiger partial charge is 0.294 e. The van der Waals surface area contributed by atoms with E-state index >= 15 is 0 Å². The van der Waals surface area contributed by atoms with E-state index in [4.69, 9.17) is 8.94 Å². The highest BCUT2D eigenvalue weighted by Gasteiger charge is 2.25. The summed E-state index contributed by atoms with van der Waals surface area (Å²) < 4.78 is 39.2. The van der Waals surface area contributed by atoms with Gasteiger partial charge in [-0.25, -0.2) is 8.42 Å². The molecule has 32 heavy (non-hydrogen) atoms. The van der Waals surface area contributed by atoms with E-state index in [9.17, 15) is 8.42 Å². The second-order valence-corrected chi connectivity index (χ2v) is 9.79. The molecule has 2 aromatic carbocycles. The summed E-state index contributed by atoms with van der Waals surface area (Å²) in [5, 5.41) is 4.79. The van der Waals surface area contributed by atoms with Crippen LogP contribution in [-0.2, 0) is 10.0 Å². The monoisotopic (exact) mass is 453 g/mol. The molecule has 7 nitrogen and oxygen atoms in total. The molecule has 0 radical (unpaired) electrons. The number of aryl methyl sites for hydroxylation is 2. The van der Waals surface area contributed by atoms with Gasteiger partial charge in [0.05, 0.1) is 4.90 Å². The topological polar surface area (TPSA) is 89.4 Å². The molecule has 168 valence electrons. The Balaban J connectivity index is 1.70. The van der Waals surface area contributed by atoms with Crippen LogP contribution >= 0.6 is 0 Å². The molecule has 0 fully saturated rings. The van der Waals surface area contributed by atoms with E-state index < -0.39 is 10.0 Å². The van der Waals surface area contributed by atoms with Gasteiger partial charge in [-0.1, -0.05) is 55.3 Å². The van der Waals surface area contributed by atoms with Gasteiger partial charge in [0.15, 0.2) is 5.76 Å². The van der Waals surface area contributed by atoms with Crippen molar-refractivity contribution in [2.24, 2.45) is 0 Å². The number of sulfonamides is 1. The van der Waals surface area contributed by atoms with E-state index in [0.29, 0.717) is 35.6 Å². The number of furan rings is 1. The highest BCUT2D eigenvalue weighted by atomic mass is 32.2. The first kappa shape index (κ1) is 22.2. The second-order valence-electron chi connectivity index (χ2n) is 7.85. The molecule has 0 spiro atoms. The Hall–Kier alpha value is -2.97. The number of rotatable bonds is 8. The molecule has 0 aliphatic heterocycles. The normalized spacial score (nSPS) is 12.2. The first-order chi connectivity index (χ1) is 15.3. The largest absolute Gasteiger partial charge is 0.451 e. The average molecular weight is 454 g/mol. The number of hydrogen-bond acceptors (Lipinski definition) is 6. The van der Waals surface area contributed by atoms with E-state index in [1.165, 1.54) is 4.31 Å². The molecule has 0 N–H and O–H groups in total. The zero-order valence-corrected chi connectivity index (χ0v) is 19.6. The van der Waals surface area contributed by atoms with Crippen LogP contribution in [0.2, 0.25) is 0 Å². The lowest BCUT2D eigenvalue weighted by molar-refractivity contribution is 0.418. The van der Waals surface area contributed by atoms with Gasteiger partial charge in [0, 0.05) is 29.6 Å². The fourth-order valence-corrected chi connectivity index (χ4v) is 5.15. The molecule has 0 saturated heterocycles. The van der Waals surface area contributed by atoms with Crippen LogP contribution in [0.25, 0.3) is 34.0 Å². The van der Waals surface area contributed by atoms with Gasteiger partial charge in [-0.2, -0.15) is 9.29 Å². The summed E-state index contributed by atoms with van der Waals surface area (Å²) in [6, 6.07) is 12.8. The lowest BCUT2D eigenvalue weighted by atomic mass is 10.1. The molecule has 0 aliphatic rings. The van der Waals surface area contributed by atoms with Crippen LogP contribution in [0.1, 0.15) is 37.8 Å². The molecule has 0 atom stereocenters. The molecular weight excluding hydrogens is 426 g/mol. The van der Waals surface area contributed by atoms with Crippen LogP contribution in [0.15, 0.2) is 56.3 Å². The second kappa shape index (κ2) is 8.88. The third-order valence-electron chi connectivity index (χ3n) is 5.59. The molecule has 0 amide bonds. The first-order valence-corrected chi connectivity index (χ1v) is 12.2. The van der Waals surface area contributed by atoms with Crippen molar-refractivity contribution >= 4 is 21.0 Å². The van der Waals surface area contributed by atoms with E-state index in [1.807, 2.05) is 52.0 Å². The number of fused-ring (bicyclic) bond motifs is 1. The summed E-state index contributed by atoms with van der Waals surface area (Å²) in [6.07, 6.45) is 1.76. The number of benzene rings is 2. The molecule has 0 bridgehead atoms. The molecule has 8 heteroatoms. The summed E-state index contributed by atoms with van der Waals surface area (Å²) in [5.74, 6) is 1.17. The molecule has 0 saturated carbocycles. The maximum absolute atomic E-state index is 13.1. The number of unbranched alkanes of at least 4 members (excludes halogenated alkanes) is 1. The Morgan fingerprint density at radius 3 is 2.47 bits per heavy atom. The number of aromatic nitrogens is 2. The number of nitrogens with zero attached hydrogens (tertiary/aromatic N) is 3. The zero-order chi connectivity index (χ0) is 22.9. The minimum absolute atomic E-state index is 0.254. The predicted molar refractivity (Wildman–Crippen MR) is 124 cm³/mol. The zero-order valence-electron chi connectivity index (χ0n) is 18.8. The van der Waals surface area contributed by atoms with Gasteiger partial charge < -0.3 is 8.94 Å². The van der Waals surface area contributed by atoms with Crippen molar-refractivity contribution in [3.63, 3.8) is 0 Å². The number of hydrogen-bond donors (Lipinski definition) is 0. The van der Waals surface area contributed by atoms with Crippen molar-refractivity contribution in [1.29, 1.82) is 0 Å². The van der Waals surface area contributed by atoms with Crippen molar-refractivity contribution in [3.8, 4) is 23.0 Å². The van der Waals surface area contributed by atoms with Gasteiger partial charge in [-0.05, 0) is 38.5 Å². The Bertz CT molecular complexity index is 1340. The lowest BCUT2D eigenvalue weighted by Crippen LogP contribution is -2.31. The summed E-state index contributed by atoms with van der Waals surface area (Å²) in [4.78, 5) is 4.74. The van der Waals surface area contributed by atoms with Crippen molar-refractivity contribution in [1.82, 2.24) is 14.4 Å². The summed E-state index contributed by atoms with van der Waals surface area (Å²) in [6.45, 7) is 8.72. The highest BCUT2D eigenvalue weighted by Crippen LogP contribution is 2.34. The standard InChI is InChI=1S/C24H27N3O4S/c1-5-7-14-27(6-2)32(28,29)19-12-13-21-20(15-19)17(4)22(30-21)24-25-23(26-31-24)18-10-8-16(3)9-11-18/h8-13,15H,5-7,14H2,1-4H3. The van der Waals surface area contributed by atoms with Gasteiger partial charge in [0.1, 0.15) is 5.58 Å². The maximum Gasteiger partial charge on any atom is 0.294 e. The van der Waals surface area contributed by atoms with Gasteiger partial charge in [0.2, 0.25) is 15.8 Å². The molecule has 2 heterocycles. The molecule has 2 aromatic heterocycles. The Morgan fingerprint density at radius 2 is 1.78 bits per heavy atom. The fraction of sp³-hybridized carbons (Fsp3) is 0.333. The molecule has 0 aliphatic carbocycles. The molecule has 0 unspecified atom stereocenters. The lowest BCUT2D eigenvalue weighted by Gasteiger charge is -2.20. The van der Waals surface area contributed by atoms with E-state index in [0.717, 1.165) is 29.5 Å². The van der Waals surface area contributed by atoms with Crippen molar-refractivity contribution < 1.29 is 17.4 Å². The SMILES string of the molecule is CCCCN(CC)S(=O)(=O)c1ccc2oc(-c3nc(-c4ccc(C)cc4)no3)c(C)c2c1. The predicted octanol–water partition coefficient (Wildman–Crippen LogP) is 5.58. The minimum Gasteiger partial charge on any atom is -0.451 e. The van der Waals surface area contributed by atoms with Gasteiger partial charge in [-0.3, -0.25) is 0 Å². The Kier molecular flexibility index (Phi) is 6.17. The summed E-state index contributed by atoms with van der Waals surface area (Å²) >= 11 is 0. The highest BCUT2D eigenvalue weighted by molar-refractivity contribution is 7.89. The van der Waals surface area contributed by atoms with E-state index in [2.05, 4.69) is 10.1 Å². The average Bonchev–Trinajstić information content (AvgIpc) is 3.39. The molecule has 4 aromatic rings. The van der Waals surface area contributed by atoms with Crippen LogP contribution < -0.4 is 0 Å². The third-order valence-corrected chi connectivity index (χ3v) is 7.56. The fourth-order valence-electron chi connectivity index (χ4n) is 3.63. The van der Waals surface area contributed by atoms with E-state index in [1.54, 1.807) is 18.2 Å². The first-order valence-electron chi connectivity index (χ1n) is 10.8. The van der Waals surface area contributed by atoms with Crippen LogP contribution in [0.5, 0.6) is 0 Å².